The van der Waals surface area contributed by atoms with E-state index in [-0.39, 0.29) is 31.1 Å². The van der Waals surface area contributed by atoms with Crippen molar-refractivity contribution in [3.05, 3.63) is 85.1 Å². The molecule has 6 nitrogen and oxygen atoms in total. The van der Waals surface area contributed by atoms with Crippen LogP contribution in [0.25, 0.3) is 0 Å². The summed E-state index contributed by atoms with van der Waals surface area (Å²) in [5.74, 6) is -0.880. The van der Waals surface area contributed by atoms with Crippen molar-refractivity contribution in [3.63, 3.8) is 0 Å². The molecular weight excluding hydrogens is 973 g/mol. The summed E-state index contributed by atoms with van der Waals surface area (Å²) in [5, 5.41) is 0. The van der Waals surface area contributed by atoms with E-state index in [0.717, 1.165) is 103 Å². The van der Waals surface area contributed by atoms with Crippen LogP contribution in [0, 0.1) is 0 Å². The summed E-state index contributed by atoms with van der Waals surface area (Å²) in [4.78, 5) is 38.0. The lowest BCUT2D eigenvalue weighted by atomic mass is 10.0. The van der Waals surface area contributed by atoms with Gasteiger partial charge in [-0.2, -0.15) is 0 Å². The van der Waals surface area contributed by atoms with Crippen molar-refractivity contribution in [2.45, 2.75) is 348 Å². The average Bonchev–Trinajstić information content (AvgIpc) is 3.45. The molecule has 0 amide bonds. The van der Waals surface area contributed by atoms with Crippen molar-refractivity contribution in [1.82, 2.24) is 0 Å². The average molecular weight is 1100 g/mol. The fraction of sp³-hybridized carbons (Fsp3) is 0.767. The van der Waals surface area contributed by atoms with Crippen LogP contribution in [-0.4, -0.2) is 37.2 Å². The van der Waals surface area contributed by atoms with Gasteiger partial charge >= 0.3 is 17.9 Å². The smallest absolute Gasteiger partial charge is 0.306 e. The monoisotopic (exact) mass is 1100 g/mol. The predicted octanol–water partition coefficient (Wildman–Crippen LogP) is 23.4. The van der Waals surface area contributed by atoms with Crippen molar-refractivity contribution in [3.8, 4) is 0 Å². The first-order chi connectivity index (χ1) is 39.0. The molecular formula is C73H128O6. The summed E-state index contributed by atoms with van der Waals surface area (Å²) in [6.45, 7) is 6.48. The maximum Gasteiger partial charge on any atom is 0.306 e. The lowest BCUT2D eigenvalue weighted by molar-refractivity contribution is -0.167. The van der Waals surface area contributed by atoms with E-state index >= 15 is 0 Å². The summed E-state index contributed by atoms with van der Waals surface area (Å²) >= 11 is 0. The molecule has 6 heteroatoms. The molecule has 456 valence electrons. The van der Waals surface area contributed by atoms with Gasteiger partial charge in [0.2, 0.25) is 0 Å². The Bertz CT molecular complexity index is 1500. The van der Waals surface area contributed by atoms with Crippen LogP contribution in [0.15, 0.2) is 85.1 Å². The van der Waals surface area contributed by atoms with E-state index in [1.807, 2.05) is 0 Å². The van der Waals surface area contributed by atoms with Gasteiger partial charge in [0.15, 0.2) is 6.10 Å². The molecule has 0 aliphatic rings. The molecule has 79 heavy (non-hydrogen) atoms. The Hall–Kier alpha value is -3.41. The Morgan fingerprint density at radius 2 is 0.494 bits per heavy atom. The standard InChI is InChI=1S/C73H128O6/c1-4-7-10-13-15-17-19-21-23-25-27-29-31-33-35-36-38-39-41-43-45-47-49-51-53-55-57-60-63-66-72(75)78-69-70(68-77-71(74)65-62-59-12-9-6-3)79-73(76)67-64-61-58-56-54-52-50-48-46-44-42-40-37-34-32-30-28-26-24-22-20-18-16-14-11-8-5-2/h7,10,15,17,21,23,26-29,33,35,38-39,70H,4-6,8-9,11-14,16,18-20,22,24-25,30-32,34,36-37,40-69H2,1-3H3/b10-7-,17-15-,23-21-,28-26-,29-27-,35-33-,39-38-. The van der Waals surface area contributed by atoms with Crippen LogP contribution in [0.2, 0.25) is 0 Å². The minimum Gasteiger partial charge on any atom is -0.462 e. The number of ether oxygens (including phenoxy) is 3. The zero-order valence-electron chi connectivity index (χ0n) is 52.4. The number of hydrogen-bond donors (Lipinski definition) is 0. The first-order valence-electron chi connectivity index (χ1n) is 34.1. The quantitative estimate of drug-likeness (QED) is 0.0261. The Morgan fingerprint density at radius 3 is 0.785 bits per heavy atom. The van der Waals surface area contributed by atoms with E-state index in [4.69, 9.17) is 14.2 Å². The molecule has 0 bridgehead atoms. The van der Waals surface area contributed by atoms with Crippen LogP contribution in [0.4, 0.5) is 0 Å². The summed E-state index contributed by atoms with van der Waals surface area (Å²) < 4.78 is 16.8. The van der Waals surface area contributed by atoms with Gasteiger partial charge in [0.1, 0.15) is 13.2 Å². The molecule has 0 heterocycles. The Labute approximate surface area is 490 Å². The summed E-state index contributed by atoms with van der Waals surface area (Å²) in [6.07, 6.45) is 89.4. The summed E-state index contributed by atoms with van der Waals surface area (Å²) in [6, 6.07) is 0. The molecule has 0 N–H and O–H groups in total. The van der Waals surface area contributed by atoms with Crippen molar-refractivity contribution in [1.29, 1.82) is 0 Å². The zero-order chi connectivity index (χ0) is 57.1. The zero-order valence-corrected chi connectivity index (χ0v) is 52.4. The summed E-state index contributed by atoms with van der Waals surface area (Å²) in [5.41, 5.74) is 0. The third-order valence-electron chi connectivity index (χ3n) is 14.9. The minimum absolute atomic E-state index is 0.0756. The molecule has 0 aliphatic heterocycles. The number of rotatable bonds is 62. The van der Waals surface area contributed by atoms with Crippen molar-refractivity contribution in [2.24, 2.45) is 0 Å². The fourth-order valence-corrected chi connectivity index (χ4v) is 9.80. The van der Waals surface area contributed by atoms with Crippen molar-refractivity contribution < 1.29 is 28.6 Å². The number of unbranched alkanes of at least 4 members (excludes halogenated alkanes) is 37. The van der Waals surface area contributed by atoms with Crippen LogP contribution >= 0.6 is 0 Å². The highest BCUT2D eigenvalue weighted by Gasteiger charge is 2.19. The number of carbonyl (C=O) groups is 3. The van der Waals surface area contributed by atoms with E-state index in [1.165, 1.54) is 199 Å². The highest BCUT2D eigenvalue weighted by molar-refractivity contribution is 5.71. The van der Waals surface area contributed by atoms with E-state index in [2.05, 4.69) is 106 Å². The van der Waals surface area contributed by atoms with Crippen LogP contribution in [0.1, 0.15) is 342 Å². The third-order valence-corrected chi connectivity index (χ3v) is 14.9. The van der Waals surface area contributed by atoms with Gasteiger partial charge in [0.25, 0.3) is 0 Å². The van der Waals surface area contributed by atoms with Gasteiger partial charge in [0.05, 0.1) is 0 Å². The van der Waals surface area contributed by atoms with Gasteiger partial charge in [-0.1, -0.05) is 311 Å². The van der Waals surface area contributed by atoms with E-state index in [9.17, 15) is 14.4 Å². The predicted molar refractivity (Wildman–Crippen MR) is 344 cm³/mol. The molecule has 0 rings (SSSR count). The van der Waals surface area contributed by atoms with Crippen LogP contribution in [0.3, 0.4) is 0 Å². The van der Waals surface area contributed by atoms with Crippen LogP contribution < -0.4 is 0 Å². The van der Waals surface area contributed by atoms with Gasteiger partial charge < -0.3 is 14.2 Å². The van der Waals surface area contributed by atoms with Gasteiger partial charge in [-0.15, -0.1) is 0 Å². The molecule has 0 saturated carbocycles. The summed E-state index contributed by atoms with van der Waals surface area (Å²) in [7, 11) is 0. The van der Waals surface area contributed by atoms with E-state index in [0.29, 0.717) is 19.3 Å². The number of allylic oxidation sites excluding steroid dienone is 14. The number of esters is 3. The lowest BCUT2D eigenvalue weighted by Gasteiger charge is -2.18. The Kier molecular flexibility index (Phi) is 64.2. The SMILES string of the molecule is CC/C=C\C/C=C\C/C=C\C/C=C\C/C=C\C/C=C\CCCCCCCCCCCCC(=O)OCC(COC(=O)CCCCCCC)OC(=O)CCCCCCCCCCCCCCCCC/C=C\CCCCCCCCCC. The second kappa shape index (κ2) is 67.1. The third kappa shape index (κ3) is 65.3. The first kappa shape index (κ1) is 75.6. The molecule has 0 aromatic carbocycles. The first-order valence-corrected chi connectivity index (χ1v) is 34.1. The Balaban J connectivity index is 4.01. The van der Waals surface area contributed by atoms with Gasteiger partial charge in [-0.05, 0) is 96.3 Å². The minimum atomic E-state index is -0.774. The molecule has 1 atom stereocenters. The van der Waals surface area contributed by atoms with Gasteiger partial charge in [-0.25, -0.2) is 0 Å². The van der Waals surface area contributed by atoms with E-state index < -0.39 is 6.10 Å². The van der Waals surface area contributed by atoms with Gasteiger partial charge in [0, 0.05) is 19.3 Å². The van der Waals surface area contributed by atoms with Crippen LogP contribution in [-0.2, 0) is 28.6 Å². The number of hydrogen-bond acceptors (Lipinski definition) is 6. The number of carbonyl (C=O) groups excluding carboxylic acids is 3. The highest BCUT2D eigenvalue weighted by atomic mass is 16.6. The van der Waals surface area contributed by atoms with Crippen molar-refractivity contribution in [2.75, 3.05) is 13.2 Å². The maximum absolute atomic E-state index is 12.9. The fourth-order valence-electron chi connectivity index (χ4n) is 9.80. The second-order valence-electron chi connectivity index (χ2n) is 22.7. The molecule has 1 unspecified atom stereocenters. The van der Waals surface area contributed by atoms with Crippen molar-refractivity contribution >= 4 is 17.9 Å². The normalized spacial score (nSPS) is 12.6. The lowest BCUT2D eigenvalue weighted by Crippen LogP contribution is -2.30. The van der Waals surface area contributed by atoms with Crippen LogP contribution in [0.5, 0.6) is 0 Å². The molecule has 0 aromatic rings. The molecule has 0 spiro atoms. The molecule has 0 aliphatic carbocycles. The highest BCUT2D eigenvalue weighted by Crippen LogP contribution is 2.17. The molecule has 0 fully saturated rings. The van der Waals surface area contributed by atoms with Gasteiger partial charge in [-0.3, -0.25) is 14.4 Å². The second-order valence-corrected chi connectivity index (χ2v) is 22.7. The maximum atomic E-state index is 12.9. The van der Waals surface area contributed by atoms with E-state index in [1.54, 1.807) is 0 Å². The molecule has 0 aromatic heterocycles. The largest absolute Gasteiger partial charge is 0.462 e. The topological polar surface area (TPSA) is 78.9 Å². The molecule has 0 radical (unpaired) electrons. The Morgan fingerprint density at radius 1 is 0.266 bits per heavy atom. The molecule has 0 saturated heterocycles.